The van der Waals surface area contributed by atoms with Crippen LogP contribution in [0.5, 0.6) is 0 Å². The third-order valence-corrected chi connectivity index (χ3v) is 3.57. The fraction of sp³-hybridized carbons (Fsp3) is 0.417. The van der Waals surface area contributed by atoms with Gasteiger partial charge in [0.25, 0.3) is 0 Å². The van der Waals surface area contributed by atoms with Crippen molar-refractivity contribution in [3.63, 3.8) is 0 Å². The van der Waals surface area contributed by atoms with Gasteiger partial charge in [-0.2, -0.15) is 5.10 Å². The first-order valence-electron chi connectivity index (χ1n) is 5.50. The molecule has 2 heterocycles. The summed E-state index contributed by atoms with van der Waals surface area (Å²) in [7, 11) is 1.97. The Labute approximate surface area is 100 Å². The van der Waals surface area contributed by atoms with E-state index in [4.69, 9.17) is 0 Å². The third-order valence-electron chi connectivity index (χ3n) is 2.55. The van der Waals surface area contributed by atoms with Gasteiger partial charge in [0.05, 0.1) is 4.88 Å². The van der Waals surface area contributed by atoms with E-state index in [1.165, 1.54) is 16.0 Å². The molecule has 0 saturated heterocycles. The summed E-state index contributed by atoms with van der Waals surface area (Å²) < 4.78 is 1.89. The van der Waals surface area contributed by atoms with Crippen LogP contribution >= 0.6 is 11.3 Å². The van der Waals surface area contributed by atoms with E-state index >= 15 is 0 Å². The van der Waals surface area contributed by atoms with Crippen LogP contribution in [-0.4, -0.2) is 16.3 Å². The van der Waals surface area contributed by atoms with Crippen molar-refractivity contribution in [2.24, 2.45) is 7.05 Å². The molecule has 0 aromatic carbocycles. The molecule has 86 valence electrons. The van der Waals surface area contributed by atoms with Crippen LogP contribution in [0.3, 0.4) is 0 Å². The number of thiophene rings is 1. The monoisotopic (exact) mass is 235 g/mol. The molecule has 0 atom stereocenters. The Morgan fingerprint density at radius 3 is 2.94 bits per heavy atom. The minimum absolute atomic E-state index is 0.886. The van der Waals surface area contributed by atoms with E-state index in [2.05, 4.69) is 41.9 Å². The highest BCUT2D eigenvalue weighted by atomic mass is 32.1. The van der Waals surface area contributed by atoms with Crippen LogP contribution < -0.4 is 5.32 Å². The van der Waals surface area contributed by atoms with Crippen LogP contribution in [0.4, 0.5) is 0 Å². The maximum Gasteiger partial charge on any atom is 0.107 e. The molecule has 0 unspecified atom stereocenters. The third kappa shape index (κ3) is 2.18. The van der Waals surface area contributed by atoms with Gasteiger partial charge in [-0.1, -0.05) is 6.92 Å². The van der Waals surface area contributed by atoms with Crippen LogP contribution in [0, 0.1) is 6.92 Å². The van der Waals surface area contributed by atoms with E-state index in [9.17, 15) is 0 Å². The van der Waals surface area contributed by atoms with Gasteiger partial charge in [0.1, 0.15) is 5.69 Å². The lowest BCUT2D eigenvalue weighted by molar-refractivity contribution is 0.724. The minimum Gasteiger partial charge on any atom is -0.313 e. The highest BCUT2D eigenvalue weighted by Gasteiger charge is 2.12. The molecule has 2 aromatic heterocycles. The normalized spacial score (nSPS) is 10.9. The summed E-state index contributed by atoms with van der Waals surface area (Å²) in [4.78, 5) is 1.29. The molecule has 0 aliphatic heterocycles. The Morgan fingerprint density at radius 2 is 2.31 bits per heavy atom. The molecule has 2 aromatic rings. The molecule has 0 saturated carbocycles. The molecule has 0 fully saturated rings. The Morgan fingerprint density at radius 1 is 1.50 bits per heavy atom. The van der Waals surface area contributed by atoms with E-state index in [1.54, 1.807) is 11.3 Å². The highest BCUT2D eigenvalue weighted by molar-refractivity contribution is 7.13. The quantitative estimate of drug-likeness (QED) is 0.882. The van der Waals surface area contributed by atoms with Crippen molar-refractivity contribution >= 4 is 11.3 Å². The molecule has 0 aliphatic rings. The lowest BCUT2D eigenvalue weighted by Crippen LogP contribution is -2.11. The van der Waals surface area contributed by atoms with E-state index in [1.807, 2.05) is 11.7 Å². The van der Waals surface area contributed by atoms with Crippen molar-refractivity contribution < 1.29 is 0 Å². The number of aryl methyl sites for hydroxylation is 2. The fourth-order valence-corrected chi connectivity index (χ4v) is 2.68. The number of rotatable bonds is 4. The summed E-state index contributed by atoms with van der Waals surface area (Å²) in [5.74, 6) is 0. The SMILES string of the molecule is CCNCc1cn(C)nc1-c1sccc1C. The van der Waals surface area contributed by atoms with Gasteiger partial charge in [-0.25, -0.2) is 0 Å². The average Bonchev–Trinajstić information content (AvgIpc) is 2.81. The minimum atomic E-state index is 0.886. The summed E-state index contributed by atoms with van der Waals surface area (Å²) in [6.07, 6.45) is 2.09. The van der Waals surface area contributed by atoms with Crippen molar-refractivity contribution in [1.29, 1.82) is 0 Å². The van der Waals surface area contributed by atoms with Gasteiger partial charge >= 0.3 is 0 Å². The Balaban J connectivity index is 2.36. The summed E-state index contributed by atoms with van der Waals surface area (Å²) in [6, 6.07) is 2.14. The van der Waals surface area contributed by atoms with E-state index in [-0.39, 0.29) is 0 Å². The largest absolute Gasteiger partial charge is 0.313 e. The molecule has 16 heavy (non-hydrogen) atoms. The predicted molar refractivity (Wildman–Crippen MR) is 68.6 cm³/mol. The molecule has 3 nitrogen and oxygen atoms in total. The second kappa shape index (κ2) is 4.80. The number of hydrogen-bond donors (Lipinski definition) is 1. The first-order valence-corrected chi connectivity index (χ1v) is 6.38. The zero-order valence-corrected chi connectivity index (χ0v) is 10.8. The molecule has 0 spiro atoms. The molecule has 2 rings (SSSR count). The molecular weight excluding hydrogens is 218 g/mol. The second-order valence-corrected chi connectivity index (χ2v) is 4.81. The maximum absolute atomic E-state index is 4.55. The zero-order chi connectivity index (χ0) is 11.5. The Bertz CT molecular complexity index is 470. The second-order valence-electron chi connectivity index (χ2n) is 3.89. The van der Waals surface area contributed by atoms with Crippen LogP contribution in [0.15, 0.2) is 17.6 Å². The Kier molecular flexibility index (Phi) is 3.41. The van der Waals surface area contributed by atoms with Crippen molar-refractivity contribution in [3.05, 3.63) is 28.8 Å². The van der Waals surface area contributed by atoms with Gasteiger partial charge in [-0.15, -0.1) is 11.3 Å². The van der Waals surface area contributed by atoms with Crippen molar-refractivity contribution in [2.45, 2.75) is 20.4 Å². The van der Waals surface area contributed by atoms with Gasteiger partial charge in [-0.3, -0.25) is 4.68 Å². The lowest BCUT2D eigenvalue weighted by atomic mass is 10.1. The highest BCUT2D eigenvalue weighted by Crippen LogP contribution is 2.30. The van der Waals surface area contributed by atoms with Gasteiger partial charge in [0.2, 0.25) is 0 Å². The standard InChI is InChI=1S/C12H17N3S/c1-4-13-7-10-8-15(3)14-11(10)12-9(2)5-6-16-12/h5-6,8,13H,4,7H2,1-3H3. The van der Waals surface area contributed by atoms with Gasteiger partial charge < -0.3 is 5.32 Å². The van der Waals surface area contributed by atoms with Crippen molar-refractivity contribution in [1.82, 2.24) is 15.1 Å². The van der Waals surface area contributed by atoms with Crippen molar-refractivity contribution in [3.8, 4) is 10.6 Å². The van der Waals surface area contributed by atoms with E-state index < -0.39 is 0 Å². The molecule has 1 N–H and O–H groups in total. The van der Waals surface area contributed by atoms with Gasteiger partial charge in [-0.05, 0) is 30.5 Å². The zero-order valence-electron chi connectivity index (χ0n) is 9.95. The van der Waals surface area contributed by atoms with Crippen molar-refractivity contribution in [2.75, 3.05) is 6.54 Å². The summed E-state index contributed by atoms with van der Waals surface area (Å²) in [5, 5.41) is 10.0. The van der Waals surface area contributed by atoms with E-state index in [0.717, 1.165) is 18.8 Å². The smallest absolute Gasteiger partial charge is 0.107 e. The first kappa shape index (κ1) is 11.4. The molecule has 0 bridgehead atoms. The van der Waals surface area contributed by atoms with Gasteiger partial charge in [0, 0.05) is 25.4 Å². The van der Waals surface area contributed by atoms with Gasteiger partial charge in [0.15, 0.2) is 0 Å². The first-order chi connectivity index (χ1) is 7.72. The summed E-state index contributed by atoms with van der Waals surface area (Å²) in [5.41, 5.74) is 3.70. The molecule has 0 aliphatic carbocycles. The molecular formula is C12H17N3S. The van der Waals surface area contributed by atoms with Crippen LogP contribution in [0.1, 0.15) is 18.1 Å². The van der Waals surface area contributed by atoms with E-state index in [0.29, 0.717) is 0 Å². The predicted octanol–water partition coefficient (Wildman–Crippen LogP) is 2.57. The molecule has 4 heteroatoms. The van der Waals surface area contributed by atoms with Crippen LogP contribution in [-0.2, 0) is 13.6 Å². The number of nitrogens with zero attached hydrogens (tertiary/aromatic N) is 2. The van der Waals surface area contributed by atoms with Crippen LogP contribution in [0.25, 0.3) is 10.6 Å². The number of nitrogens with one attached hydrogen (secondary N) is 1. The topological polar surface area (TPSA) is 29.9 Å². The summed E-state index contributed by atoms with van der Waals surface area (Å²) >= 11 is 1.76. The number of aromatic nitrogens is 2. The number of hydrogen-bond acceptors (Lipinski definition) is 3. The summed E-state index contributed by atoms with van der Waals surface area (Å²) in [6.45, 7) is 6.12. The fourth-order valence-electron chi connectivity index (χ4n) is 1.73. The average molecular weight is 235 g/mol. The molecule has 0 radical (unpaired) electrons. The Hall–Kier alpha value is -1.13. The van der Waals surface area contributed by atoms with Crippen LogP contribution in [0.2, 0.25) is 0 Å². The molecule has 0 amide bonds. The maximum atomic E-state index is 4.55. The lowest BCUT2D eigenvalue weighted by Gasteiger charge is -2.01.